The summed E-state index contributed by atoms with van der Waals surface area (Å²) >= 11 is 5.88. The van der Waals surface area contributed by atoms with Crippen LogP contribution < -0.4 is 14.8 Å². The Morgan fingerprint density at radius 2 is 1.89 bits per heavy atom. The molecule has 0 bridgehead atoms. The summed E-state index contributed by atoms with van der Waals surface area (Å²) in [5.74, 6) is 2.11. The van der Waals surface area contributed by atoms with Crippen molar-refractivity contribution in [2.75, 3.05) is 25.6 Å². The van der Waals surface area contributed by atoms with Gasteiger partial charge in [0.1, 0.15) is 5.82 Å². The lowest BCUT2D eigenvalue weighted by Crippen LogP contribution is -1.98. The molecule has 2 aromatic rings. The van der Waals surface area contributed by atoms with Gasteiger partial charge in [-0.25, -0.2) is 9.97 Å². The first-order valence-electron chi connectivity index (χ1n) is 5.72. The summed E-state index contributed by atoms with van der Waals surface area (Å²) in [5, 5.41) is 4.08. The van der Waals surface area contributed by atoms with Crippen LogP contribution in [-0.4, -0.2) is 30.2 Å². The first-order chi connectivity index (χ1) is 8.78. The zero-order valence-electron chi connectivity index (χ0n) is 9.86. The molecular formula is C12H12ClN3O2. The van der Waals surface area contributed by atoms with Crippen LogP contribution in [-0.2, 0) is 0 Å². The average Bonchev–Trinajstić information content (AvgIpc) is 2.60. The number of hydrogen-bond acceptors (Lipinski definition) is 5. The summed E-state index contributed by atoms with van der Waals surface area (Å²) < 4.78 is 11.3. The highest BCUT2D eigenvalue weighted by atomic mass is 35.5. The number of benzene rings is 1. The van der Waals surface area contributed by atoms with Crippen molar-refractivity contribution >= 4 is 28.3 Å². The molecule has 1 aliphatic heterocycles. The van der Waals surface area contributed by atoms with E-state index in [9.17, 15) is 0 Å². The lowest BCUT2D eigenvalue weighted by molar-refractivity contribution is 0.297. The fourth-order valence-corrected chi connectivity index (χ4v) is 2.12. The van der Waals surface area contributed by atoms with Gasteiger partial charge in [0.15, 0.2) is 11.5 Å². The SMILES string of the molecule is CNc1nc(Cl)nc2cc3c(cc12)OCCCO3. The maximum absolute atomic E-state index is 5.88. The van der Waals surface area contributed by atoms with Crippen LogP contribution in [0.25, 0.3) is 10.9 Å². The number of aromatic nitrogens is 2. The van der Waals surface area contributed by atoms with E-state index >= 15 is 0 Å². The van der Waals surface area contributed by atoms with Crippen molar-refractivity contribution in [3.8, 4) is 11.5 Å². The minimum atomic E-state index is 0.210. The zero-order valence-corrected chi connectivity index (χ0v) is 10.6. The maximum atomic E-state index is 5.88. The number of hydrogen-bond donors (Lipinski definition) is 1. The predicted molar refractivity (Wildman–Crippen MR) is 69.7 cm³/mol. The molecule has 0 spiro atoms. The molecule has 0 radical (unpaired) electrons. The van der Waals surface area contributed by atoms with Crippen molar-refractivity contribution in [1.82, 2.24) is 9.97 Å². The molecule has 18 heavy (non-hydrogen) atoms. The van der Waals surface area contributed by atoms with Gasteiger partial charge in [0.05, 0.1) is 18.7 Å². The van der Waals surface area contributed by atoms with Gasteiger partial charge in [0.2, 0.25) is 5.28 Å². The van der Waals surface area contributed by atoms with Crippen LogP contribution in [0, 0.1) is 0 Å². The van der Waals surface area contributed by atoms with Gasteiger partial charge in [-0.15, -0.1) is 0 Å². The van der Waals surface area contributed by atoms with Gasteiger partial charge < -0.3 is 14.8 Å². The largest absolute Gasteiger partial charge is 0.490 e. The van der Waals surface area contributed by atoms with Gasteiger partial charge in [0, 0.05) is 24.9 Å². The topological polar surface area (TPSA) is 56.3 Å². The molecule has 0 unspecified atom stereocenters. The highest BCUT2D eigenvalue weighted by Crippen LogP contribution is 2.35. The van der Waals surface area contributed by atoms with Crippen LogP contribution in [0.1, 0.15) is 6.42 Å². The third-order valence-electron chi connectivity index (χ3n) is 2.77. The van der Waals surface area contributed by atoms with Gasteiger partial charge in [-0.2, -0.15) is 0 Å². The molecule has 0 saturated heterocycles. The summed E-state index contributed by atoms with van der Waals surface area (Å²) in [6.07, 6.45) is 0.871. The predicted octanol–water partition coefficient (Wildman–Crippen LogP) is 2.49. The Kier molecular flexibility index (Phi) is 2.83. The molecule has 1 aromatic heterocycles. The Morgan fingerprint density at radius 1 is 1.17 bits per heavy atom. The number of ether oxygens (including phenoxy) is 2. The lowest BCUT2D eigenvalue weighted by atomic mass is 10.2. The number of nitrogens with one attached hydrogen (secondary N) is 1. The third kappa shape index (κ3) is 1.90. The molecule has 2 heterocycles. The molecule has 0 aliphatic carbocycles. The van der Waals surface area contributed by atoms with Gasteiger partial charge in [-0.1, -0.05) is 0 Å². The second-order valence-electron chi connectivity index (χ2n) is 3.96. The number of nitrogens with zero attached hydrogens (tertiary/aromatic N) is 2. The Balaban J connectivity index is 2.24. The van der Waals surface area contributed by atoms with E-state index in [0.29, 0.717) is 24.8 Å². The summed E-state index contributed by atoms with van der Waals surface area (Å²) in [7, 11) is 1.79. The maximum Gasteiger partial charge on any atom is 0.224 e. The minimum absolute atomic E-state index is 0.210. The first-order valence-corrected chi connectivity index (χ1v) is 6.10. The number of anilines is 1. The second kappa shape index (κ2) is 4.49. The van der Waals surface area contributed by atoms with E-state index in [4.69, 9.17) is 21.1 Å². The van der Waals surface area contributed by atoms with E-state index in [1.54, 1.807) is 7.05 Å². The molecule has 0 amide bonds. The van der Waals surface area contributed by atoms with Crippen molar-refractivity contribution in [3.63, 3.8) is 0 Å². The number of rotatable bonds is 1. The monoisotopic (exact) mass is 265 g/mol. The highest BCUT2D eigenvalue weighted by molar-refractivity contribution is 6.28. The highest BCUT2D eigenvalue weighted by Gasteiger charge is 2.15. The van der Waals surface area contributed by atoms with Crippen LogP contribution in [0.15, 0.2) is 12.1 Å². The molecule has 6 heteroatoms. The molecule has 0 saturated carbocycles. The second-order valence-corrected chi connectivity index (χ2v) is 4.30. The Hall–Kier alpha value is -1.75. The summed E-state index contributed by atoms with van der Waals surface area (Å²) in [6, 6.07) is 3.72. The lowest BCUT2D eigenvalue weighted by Gasteiger charge is -2.10. The van der Waals surface area contributed by atoms with E-state index in [1.807, 2.05) is 12.1 Å². The van der Waals surface area contributed by atoms with Crippen molar-refractivity contribution in [1.29, 1.82) is 0 Å². The van der Waals surface area contributed by atoms with Crippen molar-refractivity contribution in [3.05, 3.63) is 17.4 Å². The zero-order chi connectivity index (χ0) is 12.5. The molecule has 3 rings (SSSR count). The van der Waals surface area contributed by atoms with Gasteiger partial charge in [0.25, 0.3) is 0 Å². The van der Waals surface area contributed by atoms with E-state index in [-0.39, 0.29) is 5.28 Å². The molecular weight excluding hydrogens is 254 g/mol. The van der Waals surface area contributed by atoms with Gasteiger partial charge >= 0.3 is 0 Å². The molecule has 5 nitrogen and oxygen atoms in total. The Labute approximate surface area is 109 Å². The first kappa shape index (κ1) is 11.3. The van der Waals surface area contributed by atoms with Crippen LogP contribution in [0.3, 0.4) is 0 Å². The van der Waals surface area contributed by atoms with Gasteiger partial charge in [-0.05, 0) is 17.7 Å². The fourth-order valence-electron chi connectivity index (χ4n) is 1.95. The van der Waals surface area contributed by atoms with Crippen LogP contribution in [0.2, 0.25) is 5.28 Å². The number of halogens is 1. The van der Waals surface area contributed by atoms with Crippen molar-refractivity contribution in [2.45, 2.75) is 6.42 Å². The normalized spacial score (nSPS) is 14.3. The van der Waals surface area contributed by atoms with Crippen LogP contribution in [0.5, 0.6) is 11.5 Å². The molecule has 0 fully saturated rings. The average molecular weight is 266 g/mol. The molecule has 94 valence electrons. The van der Waals surface area contributed by atoms with Crippen molar-refractivity contribution in [2.24, 2.45) is 0 Å². The van der Waals surface area contributed by atoms with Crippen LogP contribution in [0.4, 0.5) is 5.82 Å². The molecule has 1 N–H and O–H groups in total. The smallest absolute Gasteiger partial charge is 0.224 e. The minimum Gasteiger partial charge on any atom is -0.490 e. The Bertz CT molecular complexity index is 603. The van der Waals surface area contributed by atoms with Crippen molar-refractivity contribution < 1.29 is 9.47 Å². The Morgan fingerprint density at radius 3 is 2.61 bits per heavy atom. The fraction of sp³-hybridized carbons (Fsp3) is 0.333. The number of fused-ring (bicyclic) bond motifs is 2. The summed E-state index contributed by atoms with van der Waals surface area (Å²) in [6.45, 7) is 1.30. The summed E-state index contributed by atoms with van der Waals surface area (Å²) in [5.41, 5.74) is 0.739. The third-order valence-corrected chi connectivity index (χ3v) is 2.94. The van der Waals surface area contributed by atoms with E-state index in [1.165, 1.54) is 0 Å². The quantitative estimate of drug-likeness (QED) is 0.803. The molecule has 1 aromatic carbocycles. The van der Waals surface area contributed by atoms with E-state index < -0.39 is 0 Å². The van der Waals surface area contributed by atoms with E-state index in [2.05, 4.69) is 15.3 Å². The summed E-state index contributed by atoms with van der Waals surface area (Å²) in [4.78, 5) is 8.34. The van der Waals surface area contributed by atoms with Gasteiger partial charge in [-0.3, -0.25) is 0 Å². The van der Waals surface area contributed by atoms with E-state index in [0.717, 1.165) is 23.1 Å². The molecule has 0 atom stereocenters. The standard InChI is InChI=1S/C12H12ClN3O2/c1-14-11-7-5-9-10(18-4-2-3-17-9)6-8(7)15-12(13)16-11/h5-6H,2-4H2,1H3,(H,14,15,16). The molecule has 1 aliphatic rings. The van der Waals surface area contributed by atoms with Crippen LogP contribution >= 0.6 is 11.6 Å².